The molecule has 1 aliphatic heterocycles. The summed E-state index contributed by atoms with van der Waals surface area (Å²) in [6.45, 7) is 1.30. The van der Waals surface area contributed by atoms with E-state index in [-0.39, 0.29) is 17.2 Å². The number of piperidine rings is 1. The summed E-state index contributed by atoms with van der Waals surface area (Å²) in [7, 11) is 0. The number of aromatic carboxylic acids is 1. The van der Waals surface area contributed by atoms with Gasteiger partial charge in [0.25, 0.3) is 5.91 Å². The van der Waals surface area contributed by atoms with Gasteiger partial charge in [0.15, 0.2) is 0 Å². The molecule has 1 aliphatic rings. The monoisotopic (exact) mass is 388 g/mol. The number of likely N-dealkylation sites (tertiary alicyclic amines) is 1. The van der Waals surface area contributed by atoms with E-state index in [9.17, 15) is 9.59 Å². The van der Waals surface area contributed by atoms with Crippen molar-refractivity contribution in [3.8, 4) is 0 Å². The fourth-order valence-corrected chi connectivity index (χ4v) is 3.44. The van der Waals surface area contributed by atoms with Gasteiger partial charge in [0.2, 0.25) is 0 Å². The van der Waals surface area contributed by atoms with E-state index in [2.05, 4.69) is 33.0 Å². The Morgan fingerprint density at radius 3 is 2.58 bits per heavy atom. The Morgan fingerprint density at radius 1 is 1.17 bits per heavy atom. The van der Waals surface area contributed by atoms with E-state index >= 15 is 0 Å². The minimum Gasteiger partial charge on any atom is -0.478 e. The average Bonchev–Trinajstić information content (AvgIpc) is 2.61. The lowest BCUT2D eigenvalue weighted by atomic mass is 9.89. The molecular formula is C18H17BrN2O3. The SMILES string of the molecule is O=C(O)c1ccnc(C(=O)N2CCC(c3cccc(Br)c3)CC2)c1. The smallest absolute Gasteiger partial charge is 0.335 e. The minimum absolute atomic E-state index is 0.0809. The summed E-state index contributed by atoms with van der Waals surface area (Å²) in [6, 6.07) is 11.0. The van der Waals surface area contributed by atoms with E-state index in [1.807, 2.05) is 12.1 Å². The molecular weight excluding hydrogens is 372 g/mol. The number of aromatic nitrogens is 1. The molecule has 124 valence electrons. The largest absolute Gasteiger partial charge is 0.478 e. The molecule has 1 aromatic heterocycles. The standard InChI is InChI=1S/C18H17BrN2O3/c19-15-3-1-2-13(10-15)12-5-8-21(9-6-12)17(22)16-11-14(18(23)24)4-7-20-16/h1-4,7,10-12H,5-6,8-9H2,(H,23,24). The average molecular weight is 389 g/mol. The Balaban J connectivity index is 1.67. The maximum Gasteiger partial charge on any atom is 0.335 e. The lowest BCUT2D eigenvalue weighted by molar-refractivity contribution is 0.0696. The zero-order valence-corrected chi connectivity index (χ0v) is 14.6. The molecule has 24 heavy (non-hydrogen) atoms. The first-order chi connectivity index (χ1) is 11.5. The molecule has 0 atom stereocenters. The van der Waals surface area contributed by atoms with Crippen LogP contribution in [-0.4, -0.2) is 40.0 Å². The number of hydrogen-bond acceptors (Lipinski definition) is 3. The van der Waals surface area contributed by atoms with Gasteiger partial charge in [-0.05, 0) is 48.6 Å². The summed E-state index contributed by atoms with van der Waals surface area (Å²) >= 11 is 3.49. The third-order valence-corrected chi connectivity index (χ3v) is 4.82. The first-order valence-corrected chi connectivity index (χ1v) is 8.58. The summed E-state index contributed by atoms with van der Waals surface area (Å²) in [4.78, 5) is 29.3. The molecule has 2 aromatic rings. The van der Waals surface area contributed by atoms with Crippen molar-refractivity contribution in [3.63, 3.8) is 0 Å². The van der Waals surface area contributed by atoms with Gasteiger partial charge in [0, 0.05) is 23.8 Å². The van der Waals surface area contributed by atoms with Crippen LogP contribution in [0, 0.1) is 0 Å². The van der Waals surface area contributed by atoms with E-state index in [1.54, 1.807) is 4.90 Å². The topological polar surface area (TPSA) is 70.5 Å². The first-order valence-electron chi connectivity index (χ1n) is 7.78. The van der Waals surface area contributed by atoms with Gasteiger partial charge in [-0.2, -0.15) is 0 Å². The Bertz CT molecular complexity index is 770. The van der Waals surface area contributed by atoms with Crippen molar-refractivity contribution in [2.24, 2.45) is 0 Å². The van der Waals surface area contributed by atoms with Crippen LogP contribution in [-0.2, 0) is 0 Å². The van der Waals surface area contributed by atoms with Gasteiger partial charge in [-0.1, -0.05) is 28.1 Å². The van der Waals surface area contributed by atoms with Gasteiger partial charge in [0.05, 0.1) is 5.56 Å². The maximum absolute atomic E-state index is 12.5. The van der Waals surface area contributed by atoms with Crippen molar-refractivity contribution in [2.45, 2.75) is 18.8 Å². The Labute approximate surface area is 148 Å². The predicted molar refractivity (Wildman–Crippen MR) is 93.2 cm³/mol. The van der Waals surface area contributed by atoms with Crippen LogP contribution in [0.4, 0.5) is 0 Å². The molecule has 5 nitrogen and oxygen atoms in total. The summed E-state index contributed by atoms with van der Waals surface area (Å²) in [5.41, 5.74) is 1.55. The normalized spacial score (nSPS) is 15.3. The highest BCUT2D eigenvalue weighted by Crippen LogP contribution is 2.30. The highest BCUT2D eigenvalue weighted by atomic mass is 79.9. The number of nitrogens with zero attached hydrogens (tertiary/aromatic N) is 2. The molecule has 0 aliphatic carbocycles. The number of carboxylic acid groups (broad SMARTS) is 1. The number of amides is 1. The van der Waals surface area contributed by atoms with E-state index in [4.69, 9.17) is 5.11 Å². The van der Waals surface area contributed by atoms with Gasteiger partial charge < -0.3 is 10.0 Å². The van der Waals surface area contributed by atoms with E-state index in [0.717, 1.165) is 17.3 Å². The molecule has 1 fully saturated rings. The Kier molecular flexibility index (Phi) is 4.94. The Hall–Kier alpha value is -2.21. The molecule has 6 heteroatoms. The molecule has 0 radical (unpaired) electrons. The lowest BCUT2D eigenvalue weighted by Gasteiger charge is -2.32. The summed E-state index contributed by atoms with van der Waals surface area (Å²) in [5.74, 6) is -0.824. The molecule has 3 rings (SSSR count). The van der Waals surface area contributed by atoms with E-state index < -0.39 is 5.97 Å². The van der Waals surface area contributed by atoms with Crippen LogP contribution in [0.5, 0.6) is 0 Å². The van der Waals surface area contributed by atoms with Crippen LogP contribution in [0.25, 0.3) is 0 Å². The van der Waals surface area contributed by atoms with Gasteiger partial charge in [-0.25, -0.2) is 4.79 Å². The number of rotatable bonds is 3. The minimum atomic E-state index is -1.06. The van der Waals surface area contributed by atoms with Crippen molar-refractivity contribution in [1.29, 1.82) is 0 Å². The predicted octanol–water partition coefficient (Wildman–Crippen LogP) is 3.56. The number of pyridine rings is 1. The van der Waals surface area contributed by atoms with Crippen LogP contribution < -0.4 is 0 Å². The number of carbonyl (C=O) groups excluding carboxylic acids is 1. The Morgan fingerprint density at radius 2 is 1.92 bits per heavy atom. The fraction of sp³-hybridized carbons (Fsp3) is 0.278. The van der Waals surface area contributed by atoms with Gasteiger partial charge in [-0.15, -0.1) is 0 Å². The van der Waals surface area contributed by atoms with Crippen molar-refractivity contribution in [3.05, 3.63) is 63.9 Å². The summed E-state index contributed by atoms with van der Waals surface area (Å²) < 4.78 is 1.06. The molecule has 1 amide bonds. The zero-order chi connectivity index (χ0) is 17.1. The van der Waals surface area contributed by atoms with Crippen molar-refractivity contribution < 1.29 is 14.7 Å². The highest BCUT2D eigenvalue weighted by Gasteiger charge is 2.25. The van der Waals surface area contributed by atoms with Crippen LogP contribution in [0.3, 0.4) is 0 Å². The number of carboxylic acids is 1. The van der Waals surface area contributed by atoms with Crippen LogP contribution >= 0.6 is 15.9 Å². The third kappa shape index (κ3) is 3.64. The third-order valence-electron chi connectivity index (χ3n) is 4.33. The van der Waals surface area contributed by atoms with E-state index in [0.29, 0.717) is 19.0 Å². The van der Waals surface area contributed by atoms with Crippen molar-refractivity contribution >= 4 is 27.8 Å². The number of carbonyl (C=O) groups is 2. The molecule has 0 unspecified atom stereocenters. The molecule has 0 saturated carbocycles. The zero-order valence-electron chi connectivity index (χ0n) is 13.0. The molecule has 1 saturated heterocycles. The molecule has 2 heterocycles. The first kappa shape index (κ1) is 16.6. The maximum atomic E-state index is 12.5. The molecule has 0 spiro atoms. The second kappa shape index (κ2) is 7.13. The van der Waals surface area contributed by atoms with Crippen LogP contribution in [0.15, 0.2) is 47.1 Å². The number of hydrogen-bond donors (Lipinski definition) is 1. The second-order valence-electron chi connectivity index (χ2n) is 5.86. The van der Waals surface area contributed by atoms with Crippen molar-refractivity contribution in [2.75, 3.05) is 13.1 Å². The van der Waals surface area contributed by atoms with Gasteiger partial charge >= 0.3 is 5.97 Å². The molecule has 0 bridgehead atoms. The second-order valence-corrected chi connectivity index (χ2v) is 6.77. The summed E-state index contributed by atoms with van der Waals surface area (Å²) in [5, 5.41) is 9.03. The van der Waals surface area contributed by atoms with E-state index in [1.165, 1.54) is 23.9 Å². The van der Waals surface area contributed by atoms with Crippen LogP contribution in [0.2, 0.25) is 0 Å². The summed E-state index contributed by atoms with van der Waals surface area (Å²) in [6.07, 6.45) is 3.15. The number of benzene rings is 1. The van der Waals surface area contributed by atoms with Gasteiger partial charge in [0.1, 0.15) is 5.69 Å². The molecule has 1 N–H and O–H groups in total. The van der Waals surface area contributed by atoms with Crippen LogP contribution in [0.1, 0.15) is 45.2 Å². The highest BCUT2D eigenvalue weighted by molar-refractivity contribution is 9.10. The number of halogens is 1. The lowest BCUT2D eigenvalue weighted by Crippen LogP contribution is -2.38. The van der Waals surface area contributed by atoms with Gasteiger partial charge in [-0.3, -0.25) is 9.78 Å². The quantitative estimate of drug-likeness (QED) is 0.872. The fourth-order valence-electron chi connectivity index (χ4n) is 3.02. The van der Waals surface area contributed by atoms with Crippen molar-refractivity contribution in [1.82, 2.24) is 9.88 Å². The molecule has 1 aromatic carbocycles.